The molecule has 0 heterocycles. The summed E-state index contributed by atoms with van der Waals surface area (Å²) in [6.45, 7) is 6.62. The maximum Gasteiger partial charge on any atom is 0.232 e. The minimum Gasteiger partial charge on any atom is -0.492 e. The van der Waals surface area contributed by atoms with Crippen molar-refractivity contribution in [2.24, 2.45) is 0 Å². The van der Waals surface area contributed by atoms with Crippen molar-refractivity contribution in [1.82, 2.24) is 0 Å². The highest BCUT2D eigenvalue weighted by molar-refractivity contribution is 5.97. The molecule has 1 unspecified atom stereocenters. The van der Waals surface area contributed by atoms with Gasteiger partial charge in [-0.2, -0.15) is 0 Å². The lowest BCUT2D eigenvalue weighted by Gasteiger charge is -2.18. The summed E-state index contributed by atoms with van der Waals surface area (Å²) < 4.78 is 5.65. The van der Waals surface area contributed by atoms with E-state index in [1.165, 1.54) is 0 Å². The first-order chi connectivity index (χ1) is 11.2. The van der Waals surface area contributed by atoms with Gasteiger partial charge in [-0.1, -0.05) is 49.7 Å². The van der Waals surface area contributed by atoms with Gasteiger partial charge in [0, 0.05) is 0 Å². The Kier molecular flexibility index (Phi) is 6.21. The molecule has 1 amide bonds. The normalized spacial score (nSPS) is 11.8. The molecular weight excluding hydrogens is 286 g/mol. The van der Waals surface area contributed by atoms with Crippen molar-refractivity contribution >= 4 is 11.6 Å². The Balaban J connectivity index is 2.22. The van der Waals surface area contributed by atoms with Gasteiger partial charge in [-0.25, -0.2) is 0 Å². The Bertz CT molecular complexity index is 637. The van der Waals surface area contributed by atoms with Crippen LogP contribution in [0, 0.1) is 6.92 Å². The Morgan fingerprint density at radius 2 is 1.87 bits per heavy atom. The van der Waals surface area contributed by atoms with E-state index in [1.807, 2.05) is 62.4 Å². The SMILES string of the molecule is CCCC(C(=O)Nc1ccc(C)cc1OCC)c1ccccc1. The summed E-state index contributed by atoms with van der Waals surface area (Å²) in [6.07, 6.45) is 1.78. The molecule has 3 nitrogen and oxygen atoms in total. The Labute approximate surface area is 138 Å². The first kappa shape index (κ1) is 17.1. The molecule has 0 spiro atoms. The largest absolute Gasteiger partial charge is 0.492 e. The van der Waals surface area contributed by atoms with Crippen LogP contribution in [0.15, 0.2) is 48.5 Å². The molecule has 122 valence electrons. The van der Waals surface area contributed by atoms with Crippen LogP contribution in [-0.4, -0.2) is 12.5 Å². The number of amides is 1. The van der Waals surface area contributed by atoms with E-state index in [0.29, 0.717) is 6.61 Å². The third-order valence-electron chi connectivity index (χ3n) is 3.79. The summed E-state index contributed by atoms with van der Waals surface area (Å²) >= 11 is 0. The van der Waals surface area contributed by atoms with E-state index in [0.717, 1.165) is 35.4 Å². The van der Waals surface area contributed by atoms with Crippen LogP contribution in [0.1, 0.15) is 43.7 Å². The van der Waals surface area contributed by atoms with Crippen molar-refractivity contribution < 1.29 is 9.53 Å². The van der Waals surface area contributed by atoms with Crippen LogP contribution >= 0.6 is 0 Å². The number of rotatable bonds is 7. The maximum absolute atomic E-state index is 12.8. The van der Waals surface area contributed by atoms with Gasteiger partial charge in [-0.05, 0) is 43.5 Å². The molecule has 1 atom stereocenters. The average Bonchev–Trinajstić information content (AvgIpc) is 2.56. The van der Waals surface area contributed by atoms with E-state index in [-0.39, 0.29) is 11.8 Å². The zero-order valence-electron chi connectivity index (χ0n) is 14.1. The molecular formula is C20H25NO2. The molecule has 1 N–H and O–H groups in total. The van der Waals surface area contributed by atoms with Crippen LogP contribution in [0.3, 0.4) is 0 Å². The van der Waals surface area contributed by atoms with Crippen molar-refractivity contribution in [3.63, 3.8) is 0 Å². The summed E-state index contributed by atoms with van der Waals surface area (Å²) in [4.78, 5) is 12.8. The van der Waals surface area contributed by atoms with Gasteiger partial charge in [0.25, 0.3) is 0 Å². The summed E-state index contributed by atoms with van der Waals surface area (Å²) in [5.41, 5.74) is 2.90. The molecule has 0 aromatic heterocycles. The molecule has 3 heteroatoms. The Morgan fingerprint density at radius 3 is 2.52 bits per heavy atom. The molecule has 2 aromatic carbocycles. The highest BCUT2D eigenvalue weighted by atomic mass is 16.5. The lowest BCUT2D eigenvalue weighted by Crippen LogP contribution is -2.21. The van der Waals surface area contributed by atoms with Gasteiger partial charge in [-0.15, -0.1) is 0 Å². The molecule has 2 rings (SSSR count). The second-order valence-corrected chi connectivity index (χ2v) is 5.67. The zero-order chi connectivity index (χ0) is 16.7. The number of hydrogen-bond acceptors (Lipinski definition) is 2. The van der Waals surface area contributed by atoms with E-state index >= 15 is 0 Å². The highest BCUT2D eigenvalue weighted by Gasteiger charge is 2.20. The van der Waals surface area contributed by atoms with Crippen molar-refractivity contribution in [2.75, 3.05) is 11.9 Å². The molecule has 0 aliphatic heterocycles. The zero-order valence-corrected chi connectivity index (χ0v) is 14.1. The average molecular weight is 311 g/mol. The topological polar surface area (TPSA) is 38.3 Å². The van der Waals surface area contributed by atoms with Gasteiger partial charge in [0.2, 0.25) is 5.91 Å². The number of carbonyl (C=O) groups is 1. The van der Waals surface area contributed by atoms with Crippen molar-refractivity contribution in [1.29, 1.82) is 0 Å². The van der Waals surface area contributed by atoms with Crippen molar-refractivity contribution in [3.05, 3.63) is 59.7 Å². The van der Waals surface area contributed by atoms with E-state index in [4.69, 9.17) is 4.74 Å². The van der Waals surface area contributed by atoms with Crippen LogP contribution in [0.5, 0.6) is 5.75 Å². The molecule has 0 bridgehead atoms. The van der Waals surface area contributed by atoms with Gasteiger partial charge in [-0.3, -0.25) is 4.79 Å². The predicted octanol–water partition coefficient (Wildman–Crippen LogP) is 4.92. The van der Waals surface area contributed by atoms with Crippen molar-refractivity contribution in [3.8, 4) is 5.75 Å². The van der Waals surface area contributed by atoms with E-state index in [1.54, 1.807) is 0 Å². The summed E-state index contributed by atoms with van der Waals surface area (Å²) in [6, 6.07) is 15.8. The fourth-order valence-electron chi connectivity index (χ4n) is 2.65. The number of nitrogens with one attached hydrogen (secondary N) is 1. The molecule has 0 fully saturated rings. The number of aryl methyl sites for hydroxylation is 1. The summed E-state index contributed by atoms with van der Waals surface area (Å²) in [5, 5.41) is 3.04. The number of hydrogen-bond donors (Lipinski definition) is 1. The summed E-state index contributed by atoms with van der Waals surface area (Å²) in [5.74, 6) is 0.601. The Hall–Kier alpha value is -2.29. The third-order valence-corrected chi connectivity index (χ3v) is 3.79. The highest BCUT2D eigenvalue weighted by Crippen LogP contribution is 2.29. The quantitative estimate of drug-likeness (QED) is 0.788. The molecule has 0 radical (unpaired) electrons. The lowest BCUT2D eigenvalue weighted by atomic mass is 9.93. The van der Waals surface area contributed by atoms with E-state index in [9.17, 15) is 4.79 Å². The number of anilines is 1. The third kappa shape index (κ3) is 4.59. The molecule has 0 aliphatic rings. The predicted molar refractivity (Wildman–Crippen MR) is 95.1 cm³/mol. The van der Waals surface area contributed by atoms with Gasteiger partial charge >= 0.3 is 0 Å². The maximum atomic E-state index is 12.8. The second-order valence-electron chi connectivity index (χ2n) is 5.67. The van der Waals surface area contributed by atoms with E-state index in [2.05, 4.69) is 12.2 Å². The first-order valence-electron chi connectivity index (χ1n) is 8.25. The van der Waals surface area contributed by atoms with Crippen LogP contribution < -0.4 is 10.1 Å². The summed E-state index contributed by atoms with van der Waals surface area (Å²) in [7, 11) is 0. The molecule has 0 saturated carbocycles. The van der Waals surface area contributed by atoms with E-state index < -0.39 is 0 Å². The molecule has 23 heavy (non-hydrogen) atoms. The number of carbonyl (C=O) groups excluding carboxylic acids is 1. The smallest absolute Gasteiger partial charge is 0.232 e. The van der Waals surface area contributed by atoms with Gasteiger partial charge in [0.05, 0.1) is 18.2 Å². The monoisotopic (exact) mass is 311 g/mol. The first-order valence-corrected chi connectivity index (χ1v) is 8.25. The minimum atomic E-state index is -0.142. The van der Waals surface area contributed by atoms with Crippen molar-refractivity contribution in [2.45, 2.75) is 39.5 Å². The second kappa shape index (κ2) is 8.37. The van der Waals surface area contributed by atoms with Crippen LogP contribution in [-0.2, 0) is 4.79 Å². The molecule has 2 aromatic rings. The van der Waals surface area contributed by atoms with Gasteiger partial charge in [0.1, 0.15) is 5.75 Å². The Morgan fingerprint density at radius 1 is 1.13 bits per heavy atom. The van der Waals surface area contributed by atoms with Crippen LogP contribution in [0.4, 0.5) is 5.69 Å². The van der Waals surface area contributed by atoms with Crippen LogP contribution in [0.25, 0.3) is 0 Å². The lowest BCUT2D eigenvalue weighted by molar-refractivity contribution is -0.117. The van der Waals surface area contributed by atoms with Crippen LogP contribution in [0.2, 0.25) is 0 Å². The standard InChI is InChI=1S/C20H25NO2/c1-4-9-17(16-10-7-6-8-11-16)20(22)21-18-13-12-15(3)14-19(18)23-5-2/h6-8,10-14,17H,4-5,9H2,1-3H3,(H,21,22). The number of ether oxygens (including phenoxy) is 1. The minimum absolute atomic E-state index is 0.0165. The molecule has 0 saturated heterocycles. The van der Waals surface area contributed by atoms with Gasteiger partial charge in [0.15, 0.2) is 0 Å². The molecule has 0 aliphatic carbocycles. The van der Waals surface area contributed by atoms with Gasteiger partial charge < -0.3 is 10.1 Å². The number of benzene rings is 2. The fraction of sp³-hybridized carbons (Fsp3) is 0.350. The fourth-order valence-corrected chi connectivity index (χ4v) is 2.65.